The van der Waals surface area contributed by atoms with Gasteiger partial charge in [0.2, 0.25) is 0 Å². The molecule has 2 atom stereocenters. The number of halogens is 1. The molecule has 4 N–H and O–H groups in total. The number of hydrogen-bond acceptors (Lipinski definition) is 5. The molecule has 1 aromatic carbocycles. The first-order chi connectivity index (χ1) is 10.0. The van der Waals surface area contributed by atoms with Crippen molar-refractivity contribution in [3.8, 4) is 0 Å². The minimum atomic E-state index is -0.404. The molecule has 1 aliphatic rings. The van der Waals surface area contributed by atoms with Crippen molar-refractivity contribution < 1.29 is 19.4 Å². The summed E-state index contributed by atoms with van der Waals surface area (Å²) in [6.07, 6.45) is -0.247. The van der Waals surface area contributed by atoms with Crippen molar-refractivity contribution in [2.75, 3.05) is 19.7 Å². The van der Waals surface area contributed by atoms with E-state index in [2.05, 4.69) is 5.16 Å². The van der Waals surface area contributed by atoms with Gasteiger partial charge < -0.3 is 20.8 Å². The summed E-state index contributed by atoms with van der Waals surface area (Å²) in [4.78, 5) is 2.04. The van der Waals surface area contributed by atoms with E-state index in [0.717, 1.165) is 0 Å². The van der Waals surface area contributed by atoms with Crippen LogP contribution >= 0.6 is 0 Å². The lowest BCUT2D eigenvalue weighted by Crippen LogP contribution is -2.47. The number of aliphatic hydroxyl groups is 1. The van der Waals surface area contributed by atoms with Crippen LogP contribution in [0.5, 0.6) is 0 Å². The van der Waals surface area contributed by atoms with Crippen LogP contribution < -0.4 is 5.73 Å². The minimum absolute atomic E-state index is 0.00426. The Morgan fingerprint density at radius 3 is 2.90 bits per heavy atom. The monoisotopic (exact) mass is 297 g/mol. The summed E-state index contributed by atoms with van der Waals surface area (Å²) in [6.45, 7) is 3.53. The van der Waals surface area contributed by atoms with Crippen LogP contribution in [-0.4, -0.2) is 53.0 Å². The van der Waals surface area contributed by atoms with Gasteiger partial charge in [-0.3, -0.25) is 4.90 Å². The van der Waals surface area contributed by atoms with E-state index in [4.69, 9.17) is 15.7 Å². The molecule has 0 aromatic heterocycles. The summed E-state index contributed by atoms with van der Waals surface area (Å²) in [5.74, 6) is -0.528. The molecule has 1 aromatic rings. The number of ether oxygens (including phenoxy) is 1. The Bertz CT molecular complexity index is 524. The normalized spacial score (nSPS) is 24.2. The fraction of sp³-hybridized carbons (Fsp3) is 0.500. The smallest absolute Gasteiger partial charge is 0.170 e. The predicted molar refractivity (Wildman–Crippen MR) is 75.6 cm³/mol. The second-order valence-corrected chi connectivity index (χ2v) is 5.24. The number of nitrogens with zero attached hydrogens (tertiary/aromatic N) is 2. The summed E-state index contributed by atoms with van der Waals surface area (Å²) < 4.78 is 19.6. The summed E-state index contributed by atoms with van der Waals surface area (Å²) in [7, 11) is 0. The van der Waals surface area contributed by atoms with Crippen LogP contribution in [0.4, 0.5) is 4.39 Å². The first kappa shape index (κ1) is 15.7. The maximum atomic E-state index is 14.1. The molecule has 1 aliphatic heterocycles. The van der Waals surface area contributed by atoms with Gasteiger partial charge in [0.25, 0.3) is 0 Å². The first-order valence-electron chi connectivity index (χ1n) is 6.78. The van der Waals surface area contributed by atoms with Gasteiger partial charge in [-0.25, -0.2) is 4.39 Å². The van der Waals surface area contributed by atoms with E-state index in [1.54, 1.807) is 12.1 Å². The first-order valence-corrected chi connectivity index (χ1v) is 6.78. The third-order valence-corrected chi connectivity index (χ3v) is 3.46. The van der Waals surface area contributed by atoms with E-state index in [1.165, 1.54) is 6.07 Å². The van der Waals surface area contributed by atoms with Crippen molar-refractivity contribution in [3.05, 3.63) is 35.1 Å². The van der Waals surface area contributed by atoms with Crippen LogP contribution in [0.3, 0.4) is 0 Å². The molecule has 0 saturated carbocycles. The van der Waals surface area contributed by atoms with E-state index in [1.807, 2.05) is 11.8 Å². The van der Waals surface area contributed by atoms with Crippen molar-refractivity contribution >= 4 is 5.84 Å². The Labute approximate surface area is 122 Å². The van der Waals surface area contributed by atoms with Crippen molar-refractivity contribution in [3.63, 3.8) is 0 Å². The molecular formula is C14H20FN3O3. The topological polar surface area (TPSA) is 91.3 Å². The molecule has 7 heteroatoms. The Morgan fingerprint density at radius 2 is 2.29 bits per heavy atom. The minimum Gasteiger partial charge on any atom is -0.409 e. The zero-order valence-corrected chi connectivity index (χ0v) is 11.9. The van der Waals surface area contributed by atoms with Crippen LogP contribution in [0, 0.1) is 5.82 Å². The lowest BCUT2D eigenvalue weighted by atomic mass is 10.1. The van der Waals surface area contributed by atoms with Crippen molar-refractivity contribution in [1.82, 2.24) is 4.90 Å². The molecule has 1 fully saturated rings. The number of hydrogen-bond donors (Lipinski definition) is 3. The van der Waals surface area contributed by atoms with Crippen molar-refractivity contribution in [2.45, 2.75) is 25.7 Å². The van der Waals surface area contributed by atoms with E-state index in [-0.39, 0.29) is 24.7 Å². The Balaban J connectivity index is 2.09. The van der Waals surface area contributed by atoms with Gasteiger partial charge in [-0.15, -0.1) is 0 Å². The lowest BCUT2D eigenvalue weighted by molar-refractivity contribution is -0.0974. The van der Waals surface area contributed by atoms with Gasteiger partial charge in [-0.2, -0.15) is 0 Å². The highest BCUT2D eigenvalue weighted by atomic mass is 19.1. The SMILES string of the molecule is CC1CN(Cc2ccc(/C(N)=N/O)cc2F)CC(CO)O1. The van der Waals surface area contributed by atoms with Gasteiger partial charge in [0.1, 0.15) is 5.82 Å². The number of nitrogens with two attached hydrogens (primary N) is 1. The molecule has 0 spiro atoms. The van der Waals surface area contributed by atoms with E-state index in [0.29, 0.717) is 30.8 Å². The average Bonchev–Trinajstić information content (AvgIpc) is 2.47. The molecule has 1 heterocycles. The zero-order chi connectivity index (χ0) is 15.4. The maximum Gasteiger partial charge on any atom is 0.170 e. The number of oxime groups is 1. The molecule has 2 unspecified atom stereocenters. The number of amidine groups is 1. The van der Waals surface area contributed by atoms with Crippen LogP contribution in [0.1, 0.15) is 18.1 Å². The molecule has 0 bridgehead atoms. The largest absolute Gasteiger partial charge is 0.409 e. The quantitative estimate of drug-likeness (QED) is 0.326. The molecule has 0 amide bonds. The average molecular weight is 297 g/mol. The Kier molecular flexibility index (Phi) is 5.11. The number of aliphatic hydroxyl groups excluding tert-OH is 1. The summed E-state index contributed by atoms with van der Waals surface area (Å²) in [5, 5.41) is 20.6. The molecule has 116 valence electrons. The Morgan fingerprint density at radius 1 is 1.52 bits per heavy atom. The molecule has 2 rings (SSSR count). The summed E-state index contributed by atoms with van der Waals surface area (Å²) in [5.41, 5.74) is 6.29. The number of rotatable bonds is 4. The maximum absolute atomic E-state index is 14.1. The summed E-state index contributed by atoms with van der Waals surface area (Å²) in [6, 6.07) is 4.48. The third kappa shape index (κ3) is 3.90. The molecular weight excluding hydrogens is 277 g/mol. The van der Waals surface area contributed by atoms with Crippen molar-refractivity contribution in [2.24, 2.45) is 10.9 Å². The van der Waals surface area contributed by atoms with Gasteiger partial charge in [-0.05, 0) is 13.0 Å². The van der Waals surface area contributed by atoms with Crippen LogP contribution in [0.25, 0.3) is 0 Å². The van der Waals surface area contributed by atoms with E-state index >= 15 is 0 Å². The predicted octanol–water partition coefficient (Wildman–Crippen LogP) is 0.502. The van der Waals surface area contributed by atoms with Gasteiger partial charge in [0, 0.05) is 30.8 Å². The van der Waals surface area contributed by atoms with Crippen LogP contribution in [0.15, 0.2) is 23.4 Å². The number of benzene rings is 1. The molecule has 1 saturated heterocycles. The third-order valence-electron chi connectivity index (χ3n) is 3.46. The zero-order valence-electron chi connectivity index (χ0n) is 11.9. The number of morpholine rings is 1. The van der Waals surface area contributed by atoms with Gasteiger partial charge >= 0.3 is 0 Å². The molecule has 0 radical (unpaired) electrons. The Hall–Kier alpha value is -1.70. The van der Waals surface area contributed by atoms with Crippen LogP contribution in [0.2, 0.25) is 0 Å². The molecule has 21 heavy (non-hydrogen) atoms. The van der Waals surface area contributed by atoms with Crippen LogP contribution in [-0.2, 0) is 11.3 Å². The highest BCUT2D eigenvalue weighted by molar-refractivity contribution is 5.97. The standard InChI is InChI=1S/C14H20FN3O3/c1-9-5-18(7-12(8-19)21-9)6-11-3-2-10(4-13(11)15)14(16)17-20/h2-4,9,12,19-20H,5-8H2,1H3,(H2,16,17). The van der Waals surface area contributed by atoms with Gasteiger partial charge in [-0.1, -0.05) is 17.3 Å². The molecule has 6 nitrogen and oxygen atoms in total. The fourth-order valence-corrected chi connectivity index (χ4v) is 2.50. The lowest BCUT2D eigenvalue weighted by Gasteiger charge is -2.36. The fourth-order valence-electron chi connectivity index (χ4n) is 2.50. The highest BCUT2D eigenvalue weighted by Gasteiger charge is 2.25. The van der Waals surface area contributed by atoms with E-state index < -0.39 is 5.82 Å². The van der Waals surface area contributed by atoms with E-state index in [9.17, 15) is 9.50 Å². The van der Waals surface area contributed by atoms with Gasteiger partial charge in [0.05, 0.1) is 18.8 Å². The molecule has 0 aliphatic carbocycles. The summed E-state index contributed by atoms with van der Waals surface area (Å²) >= 11 is 0. The highest BCUT2D eigenvalue weighted by Crippen LogP contribution is 2.17. The van der Waals surface area contributed by atoms with Crippen molar-refractivity contribution in [1.29, 1.82) is 0 Å². The second-order valence-electron chi connectivity index (χ2n) is 5.24. The van der Waals surface area contributed by atoms with Gasteiger partial charge in [0.15, 0.2) is 5.84 Å². The second kappa shape index (κ2) is 6.84.